The average molecular weight is 941 g/mol. The van der Waals surface area contributed by atoms with Gasteiger partial charge in [-0.05, 0) is 170 Å². The van der Waals surface area contributed by atoms with Gasteiger partial charge in [-0.2, -0.15) is 0 Å². The van der Waals surface area contributed by atoms with Crippen LogP contribution in [0.25, 0.3) is 65.7 Å². The van der Waals surface area contributed by atoms with E-state index in [1.807, 2.05) is 0 Å². The summed E-state index contributed by atoms with van der Waals surface area (Å²) in [5, 5.41) is 7.80. The summed E-state index contributed by atoms with van der Waals surface area (Å²) in [5.41, 5.74) is 22.3. The summed E-state index contributed by atoms with van der Waals surface area (Å²) < 4.78 is 0. The number of nitrogens with zero attached hydrogens (tertiary/aromatic N) is 2. The second-order valence-corrected chi connectivity index (χ2v) is 23.8. The lowest BCUT2D eigenvalue weighted by atomic mass is 9.33. The Morgan fingerprint density at radius 3 is 1.48 bits per heavy atom. The van der Waals surface area contributed by atoms with E-state index in [9.17, 15) is 0 Å². The fourth-order valence-electron chi connectivity index (χ4n) is 12.2. The molecule has 0 radical (unpaired) electrons. The van der Waals surface area contributed by atoms with E-state index >= 15 is 0 Å². The zero-order valence-electron chi connectivity index (χ0n) is 43.6. The van der Waals surface area contributed by atoms with Crippen molar-refractivity contribution in [1.29, 1.82) is 0 Å². The van der Waals surface area contributed by atoms with E-state index in [-0.39, 0.29) is 23.0 Å². The Morgan fingerprint density at radius 1 is 0.301 bits per heavy atom. The second kappa shape index (κ2) is 16.3. The van der Waals surface area contributed by atoms with Gasteiger partial charge in [0.2, 0.25) is 0 Å². The molecule has 13 rings (SSSR count). The highest BCUT2D eigenvalue weighted by atomic mass is 15.2. The number of anilines is 6. The summed E-state index contributed by atoms with van der Waals surface area (Å²) >= 11 is 0. The Hall–Kier alpha value is -7.88. The summed E-state index contributed by atoms with van der Waals surface area (Å²) in [6, 6.07) is 78.9. The van der Waals surface area contributed by atoms with Gasteiger partial charge in [0.1, 0.15) is 0 Å². The number of benzene rings is 11. The topological polar surface area (TPSA) is 6.48 Å². The first-order valence-electron chi connectivity index (χ1n) is 26.2. The third kappa shape index (κ3) is 7.30. The second-order valence-electron chi connectivity index (χ2n) is 23.8. The number of rotatable bonds is 5. The molecule has 2 aliphatic rings. The van der Waals surface area contributed by atoms with Crippen molar-refractivity contribution in [2.75, 3.05) is 9.80 Å². The van der Waals surface area contributed by atoms with Crippen LogP contribution in [0.4, 0.5) is 34.1 Å². The third-order valence-electron chi connectivity index (χ3n) is 16.1. The molecule has 0 saturated heterocycles. The third-order valence-corrected chi connectivity index (χ3v) is 16.1. The van der Waals surface area contributed by atoms with E-state index in [1.54, 1.807) is 0 Å². The molecule has 0 saturated carbocycles. The van der Waals surface area contributed by atoms with E-state index in [0.29, 0.717) is 0 Å². The SMILES string of the molecule is CC(C)(C)c1ccc(N2c3cc(-c4ccccc4-c4ccccc4)ccc3B3c4cc(C(C)(C)C)ccc4N(c4ccc(C(C)(C)C)cc4-c4cc5ccc6cccc7ccc(c4)c5c67)c4cccc2c43)cc1. The minimum Gasteiger partial charge on any atom is -0.311 e. The Balaban J connectivity index is 1.08. The van der Waals surface area contributed by atoms with Gasteiger partial charge in [-0.1, -0.05) is 208 Å². The van der Waals surface area contributed by atoms with Gasteiger partial charge < -0.3 is 9.80 Å². The fraction of sp³-hybridized carbons (Fsp3) is 0.171. The molecule has 73 heavy (non-hydrogen) atoms. The summed E-state index contributed by atoms with van der Waals surface area (Å²) in [6.45, 7) is 20.9. The first-order chi connectivity index (χ1) is 35.1. The average Bonchev–Trinajstić information content (AvgIpc) is 3.39. The van der Waals surface area contributed by atoms with Gasteiger partial charge in [0.15, 0.2) is 0 Å². The molecule has 0 aliphatic carbocycles. The lowest BCUT2D eigenvalue weighted by Crippen LogP contribution is -2.61. The number of fused-ring (bicyclic) bond motifs is 4. The van der Waals surface area contributed by atoms with Crippen LogP contribution < -0.4 is 26.2 Å². The van der Waals surface area contributed by atoms with Crippen LogP contribution in [0.3, 0.4) is 0 Å². The van der Waals surface area contributed by atoms with E-state index < -0.39 is 0 Å². The van der Waals surface area contributed by atoms with Crippen LogP contribution in [0, 0.1) is 0 Å². The molecule has 0 unspecified atom stereocenters. The van der Waals surface area contributed by atoms with Crippen molar-refractivity contribution in [2.24, 2.45) is 0 Å². The molecule has 0 spiro atoms. The predicted octanol–water partition coefficient (Wildman–Crippen LogP) is 17.6. The summed E-state index contributed by atoms with van der Waals surface area (Å²) in [6.07, 6.45) is 0. The molecular weight excluding hydrogens is 880 g/mol. The Labute approximate surface area is 432 Å². The van der Waals surface area contributed by atoms with Crippen LogP contribution in [0.1, 0.15) is 79.0 Å². The molecule has 3 heteroatoms. The predicted molar refractivity (Wildman–Crippen MR) is 317 cm³/mol. The molecule has 0 aromatic heterocycles. The van der Waals surface area contributed by atoms with Crippen LogP contribution >= 0.6 is 0 Å². The molecule has 0 N–H and O–H groups in total. The van der Waals surface area contributed by atoms with Gasteiger partial charge in [-0.25, -0.2) is 0 Å². The molecule has 354 valence electrons. The minimum atomic E-state index is -0.0630. The first kappa shape index (κ1) is 45.0. The van der Waals surface area contributed by atoms with Gasteiger partial charge in [0.05, 0.1) is 5.69 Å². The van der Waals surface area contributed by atoms with Gasteiger partial charge in [-0.15, -0.1) is 0 Å². The minimum absolute atomic E-state index is 0.0201. The number of hydrogen-bond donors (Lipinski definition) is 0. The quantitative estimate of drug-likeness (QED) is 0.125. The Morgan fingerprint density at radius 2 is 0.836 bits per heavy atom. The van der Waals surface area contributed by atoms with Crippen molar-refractivity contribution in [3.05, 3.63) is 223 Å². The summed E-state index contributed by atoms with van der Waals surface area (Å²) in [7, 11) is 0. The molecule has 0 atom stereocenters. The van der Waals surface area contributed by atoms with Gasteiger partial charge in [0.25, 0.3) is 6.71 Å². The molecule has 11 aromatic carbocycles. The molecule has 0 bridgehead atoms. The lowest BCUT2D eigenvalue weighted by molar-refractivity contribution is 0.590. The molecule has 0 amide bonds. The zero-order chi connectivity index (χ0) is 50.1. The van der Waals surface area contributed by atoms with Crippen LogP contribution in [-0.4, -0.2) is 6.71 Å². The highest BCUT2D eigenvalue weighted by molar-refractivity contribution is 7.00. The van der Waals surface area contributed by atoms with E-state index in [4.69, 9.17) is 0 Å². The summed E-state index contributed by atoms with van der Waals surface area (Å²) in [4.78, 5) is 5.17. The summed E-state index contributed by atoms with van der Waals surface area (Å²) in [5.74, 6) is 0. The van der Waals surface area contributed by atoms with Crippen molar-refractivity contribution >= 4 is 89.5 Å². The van der Waals surface area contributed by atoms with Crippen molar-refractivity contribution in [1.82, 2.24) is 0 Å². The Bertz CT molecular complexity index is 3910. The first-order valence-corrected chi connectivity index (χ1v) is 26.2. The largest absolute Gasteiger partial charge is 0.311 e. The van der Waals surface area contributed by atoms with E-state index in [0.717, 1.165) is 5.69 Å². The van der Waals surface area contributed by atoms with Crippen molar-refractivity contribution in [3.63, 3.8) is 0 Å². The molecule has 2 aliphatic heterocycles. The monoisotopic (exact) mass is 940 g/mol. The van der Waals surface area contributed by atoms with Crippen LogP contribution in [0.2, 0.25) is 0 Å². The maximum atomic E-state index is 2.61. The lowest BCUT2D eigenvalue weighted by Gasteiger charge is -2.45. The fourth-order valence-corrected chi connectivity index (χ4v) is 12.2. The standard InChI is InChI=1S/C70H61BN2/c1-68(2,3)51-30-34-54(35-31-51)72-62-23-16-24-63-67(62)71(58-36-29-47(41-64(58)72)56-22-14-13-21-55(56)44-17-11-10-12-18-44)59-43-53(70(7,8)9)33-38-61(59)73(63)60-37-32-52(69(4,5)6)42-57(60)50-39-48-27-25-45-19-15-20-46-26-28-49(40-50)66(48)65(45)46/h10-43H,1-9H3. The van der Waals surface area contributed by atoms with E-state index in [1.165, 1.54) is 127 Å². The van der Waals surface area contributed by atoms with Crippen molar-refractivity contribution in [3.8, 4) is 33.4 Å². The molecule has 0 fully saturated rings. The molecule has 2 nitrogen and oxygen atoms in total. The van der Waals surface area contributed by atoms with Crippen LogP contribution in [0.5, 0.6) is 0 Å². The van der Waals surface area contributed by atoms with Gasteiger partial charge in [0, 0.05) is 34.0 Å². The van der Waals surface area contributed by atoms with Crippen LogP contribution in [0.15, 0.2) is 206 Å². The maximum absolute atomic E-state index is 2.61. The van der Waals surface area contributed by atoms with Crippen LogP contribution in [-0.2, 0) is 16.2 Å². The highest BCUT2D eigenvalue weighted by Gasteiger charge is 2.44. The molecule has 11 aromatic rings. The van der Waals surface area contributed by atoms with E-state index in [2.05, 4.69) is 278 Å². The zero-order valence-corrected chi connectivity index (χ0v) is 43.6. The molecule has 2 heterocycles. The molecular formula is C70H61BN2. The van der Waals surface area contributed by atoms with Crippen molar-refractivity contribution in [2.45, 2.75) is 78.6 Å². The van der Waals surface area contributed by atoms with Gasteiger partial charge in [-0.3, -0.25) is 0 Å². The highest BCUT2D eigenvalue weighted by Crippen LogP contribution is 2.49. The van der Waals surface area contributed by atoms with Crippen molar-refractivity contribution < 1.29 is 0 Å². The maximum Gasteiger partial charge on any atom is 0.252 e. The normalized spacial score (nSPS) is 13.5. The number of hydrogen-bond acceptors (Lipinski definition) is 2. The smallest absolute Gasteiger partial charge is 0.252 e. The van der Waals surface area contributed by atoms with Gasteiger partial charge >= 0.3 is 0 Å². The Kier molecular flexibility index (Phi) is 10.1.